The number of carbonyl (C=O) groups excluding carboxylic acids is 3. The lowest BCUT2D eigenvalue weighted by atomic mass is 10.1. The zero-order valence-corrected chi connectivity index (χ0v) is 15.7. The molecule has 8 nitrogen and oxygen atoms in total. The van der Waals surface area contributed by atoms with Gasteiger partial charge in [0.15, 0.2) is 0 Å². The Morgan fingerprint density at radius 3 is 2.57 bits per heavy atom. The Morgan fingerprint density at radius 1 is 1.29 bits per heavy atom. The molecule has 28 heavy (non-hydrogen) atoms. The van der Waals surface area contributed by atoms with Crippen LogP contribution < -0.4 is 21.3 Å². The molecule has 154 valence electrons. The van der Waals surface area contributed by atoms with Crippen LogP contribution in [0.25, 0.3) is 0 Å². The number of nitrogens with zero attached hydrogens (tertiary/aromatic N) is 1. The number of morpholine rings is 1. The summed E-state index contributed by atoms with van der Waals surface area (Å²) in [7, 11) is 0. The van der Waals surface area contributed by atoms with E-state index in [1.165, 1.54) is 17.0 Å². The molecule has 0 saturated carbocycles. The highest BCUT2D eigenvalue weighted by atomic mass is 19.3. The number of nitrogens with one attached hydrogen (secondary N) is 2. The number of hydrogen-bond donors (Lipinski definition) is 3. The smallest absolute Gasteiger partial charge is 0.265 e. The Balaban J connectivity index is 2.19. The number of nitrogens with two attached hydrogens (primary N) is 1. The van der Waals surface area contributed by atoms with Gasteiger partial charge in [-0.1, -0.05) is 13.8 Å². The topological polar surface area (TPSA) is 114 Å². The Bertz CT molecular complexity index is 742. The zero-order valence-electron chi connectivity index (χ0n) is 15.7. The first-order chi connectivity index (χ1) is 13.2. The van der Waals surface area contributed by atoms with Gasteiger partial charge in [0, 0.05) is 30.3 Å². The molecule has 0 spiro atoms. The Morgan fingerprint density at radius 2 is 2.00 bits per heavy atom. The lowest BCUT2D eigenvalue weighted by Gasteiger charge is -2.29. The van der Waals surface area contributed by atoms with Crippen molar-refractivity contribution in [3.8, 4) is 0 Å². The van der Waals surface area contributed by atoms with Gasteiger partial charge in [-0.2, -0.15) is 0 Å². The largest absolute Gasteiger partial charge is 0.370 e. The predicted octanol–water partition coefficient (Wildman–Crippen LogP) is 1.03. The van der Waals surface area contributed by atoms with Crippen LogP contribution in [0.15, 0.2) is 18.2 Å². The summed E-state index contributed by atoms with van der Waals surface area (Å²) < 4.78 is 32.1. The molecular weight excluding hydrogens is 374 g/mol. The van der Waals surface area contributed by atoms with Gasteiger partial charge in [-0.05, 0) is 18.2 Å². The molecule has 0 bridgehead atoms. The van der Waals surface area contributed by atoms with Gasteiger partial charge in [0.05, 0.1) is 12.3 Å². The minimum atomic E-state index is -2.85. The summed E-state index contributed by atoms with van der Waals surface area (Å²) in [6.45, 7) is 3.44. The van der Waals surface area contributed by atoms with E-state index in [1.54, 1.807) is 13.8 Å². The number of carbonyl (C=O) groups is 3. The van der Waals surface area contributed by atoms with Crippen LogP contribution in [0.4, 0.5) is 20.2 Å². The number of hydrogen-bond acceptors (Lipinski definition) is 5. The van der Waals surface area contributed by atoms with Crippen LogP contribution in [0.2, 0.25) is 0 Å². The molecule has 4 N–H and O–H groups in total. The standard InChI is InChI=1S/C18H24F2N4O4/c1-10(2)17(26)23-13(8-21)18(27)22-11-3-4-14(12(7-11)16(19)20)24-5-6-28-9-15(24)25/h3-4,7,10,13,16H,5-6,8-9,21H2,1-2H3,(H,22,27)(H,23,26)/t13-/m0/s1. The second-order valence-electron chi connectivity index (χ2n) is 6.61. The van der Waals surface area contributed by atoms with Crippen LogP contribution in [0.1, 0.15) is 25.8 Å². The summed E-state index contributed by atoms with van der Waals surface area (Å²) in [5, 5.41) is 4.98. The van der Waals surface area contributed by atoms with E-state index in [0.717, 1.165) is 6.07 Å². The van der Waals surface area contributed by atoms with Gasteiger partial charge in [-0.15, -0.1) is 0 Å². The number of ether oxygens (including phenoxy) is 1. The van der Waals surface area contributed by atoms with Crippen molar-refractivity contribution in [2.45, 2.75) is 26.3 Å². The maximum Gasteiger partial charge on any atom is 0.265 e. The summed E-state index contributed by atoms with van der Waals surface area (Å²) in [5.74, 6) is -1.71. The maximum absolute atomic E-state index is 13.6. The van der Waals surface area contributed by atoms with E-state index in [-0.39, 0.29) is 55.1 Å². The lowest BCUT2D eigenvalue weighted by Crippen LogP contribution is -2.49. The zero-order chi connectivity index (χ0) is 20.8. The number of benzene rings is 1. The van der Waals surface area contributed by atoms with Gasteiger partial charge in [0.1, 0.15) is 12.6 Å². The highest BCUT2D eigenvalue weighted by Gasteiger charge is 2.26. The van der Waals surface area contributed by atoms with Crippen LogP contribution >= 0.6 is 0 Å². The van der Waals surface area contributed by atoms with E-state index in [9.17, 15) is 23.2 Å². The maximum atomic E-state index is 13.6. The molecule has 0 radical (unpaired) electrons. The number of anilines is 2. The van der Waals surface area contributed by atoms with Crippen molar-refractivity contribution in [3.63, 3.8) is 0 Å². The average molecular weight is 398 g/mol. The van der Waals surface area contributed by atoms with Gasteiger partial charge < -0.3 is 26.0 Å². The van der Waals surface area contributed by atoms with E-state index in [1.807, 2.05) is 0 Å². The second-order valence-corrected chi connectivity index (χ2v) is 6.61. The van der Waals surface area contributed by atoms with Crippen molar-refractivity contribution >= 4 is 29.1 Å². The first kappa shape index (κ1) is 21.7. The number of halogens is 2. The Kier molecular flexibility index (Phi) is 7.41. The van der Waals surface area contributed by atoms with E-state index < -0.39 is 24.3 Å². The van der Waals surface area contributed by atoms with Crippen molar-refractivity contribution < 1.29 is 27.9 Å². The van der Waals surface area contributed by atoms with E-state index >= 15 is 0 Å². The van der Waals surface area contributed by atoms with Crippen molar-refractivity contribution in [2.24, 2.45) is 11.7 Å². The van der Waals surface area contributed by atoms with Crippen LogP contribution in [0.5, 0.6) is 0 Å². The van der Waals surface area contributed by atoms with Crippen molar-refractivity contribution in [3.05, 3.63) is 23.8 Å². The normalized spacial score (nSPS) is 15.7. The Hall–Kier alpha value is -2.59. The fraction of sp³-hybridized carbons (Fsp3) is 0.500. The summed E-state index contributed by atoms with van der Waals surface area (Å²) >= 11 is 0. The fourth-order valence-corrected chi connectivity index (χ4v) is 2.62. The van der Waals surface area contributed by atoms with Crippen LogP contribution in [-0.2, 0) is 19.1 Å². The highest BCUT2D eigenvalue weighted by Crippen LogP contribution is 2.33. The molecule has 1 fully saturated rings. The van der Waals surface area contributed by atoms with Gasteiger partial charge in [-0.25, -0.2) is 8.78 Å². The SMILES string of the molecule is CC(C)C(=O)N[C@@H](CN)C(=O)Nc1ccc(N2CCOCC2=O)c(C(F)F)c1. The van der Waals surface area contributed by atoms with E-state index in [4.69, 9.17) is 10.5 Å². The molecule has 1 aliphatic rings. The molecule has 1 saturated heterocycles. The Labute approximate surface area is 161 Å². The first-order valence-electron chi connectivity index (χ1n) is 8.86. The van der Waals surface area contributed by atoms with Gasteiger partial charge in [0.25, 0.3) is 12.3 Å². The van der Waals surface area contributed by atoms with E-state index in [2.05, 4.69) is 10.6 Å². The van der Waals surface area contributed by atoms with E-state index in [0.29, 0.717) is 0 Å². The third-order valence-corrected chi connectivity index (χ3v) is 4.20. The molecule has 2 rings (SSSR count). The highest BCUT2D eigenvalue weighted by molar-refractivity contribution is 5.99. The lowest BCUT2D eigenvalue weighted by molar-refractivity contribution is -0.128. The molecule has 1 aromatic rings. The molecule has 0 unspecified atom stereocenters. The molecule has 1 heterocycles. The molecule has 0 aromatic heterocycles. The molecule has 10 heteroatoms. The monoisotopic (exact) mass is 398 g/mol. The minimum absolute atomic E-state index is 0.0739. The van der Waals surface area contributed by atoms with Crippen LogP contribution in [0, 0.1) is 5.92 Å². The number of amides is 3. The summed E-state index contributed by atoms with van der Waals surface area (Å²) in [6.07, 6.45) is -2.85. The molecule has 1 aromatic carbocycles. The van der Waals surface area contributed by atoms with Crippen molar-refractivity contribution in [1.29, 1.82) is 0 Å². The molecule has 1 aliphatic heterocycles. The second kappa shape index (κ2) is 9.56. The molecule has 0 aliphatic carbocycles. The number of alkyl halides is 2. The van der Waals surface area contributed by atoms with Gasteiger partial charge in [0.2, 0.25) is 11.8 Å². The number of rotatable bonds is 7. The fourth-order valence-electron chi connectivity index (χ4n) is 2.62. The van der Waals surface area contributed by atoms with Crippen molar-refractivity contribution in [1.82, 2.24) is 5.32 Å². The third-order valence-electron chi connectivity index (χ3n) is 4.20. The minimum Gasteiger partial charge on any atom is -0.370 e. The van der Waals surface area contributed by atoms with Gasteiger partial charge in [-0.3, -0.25) is 14.4 Å². The quantitative estimate of drug-likeness (QED) is 0.635. The van der Waals surface area contributed by atoms with Crippen LogP contribution in [0.3, 0.4) is 0 Å². The molecular formula is C18H24F2N4O4. The first-order valence-corrected chi connectivity index (χ1v) is 8.86. The summed E-state index contributed by atoms with van der Waals surface area (Å²) in [5.41, 5.74) is 5.34. The summed E-state index contributed by atoms with van der Waals surface area (Å²) in [6, 6.07) is 2.88. The van der Waals surface area contributed by atoms with Gasteiger partial charge >= 0.3 is 0 Å². The molecule has 3 amide bonds. The third kappa shape index (κ3) is 5.23. The summed E-state index contributed by atoms with van der Waals surface area (Å²) in [4.78, 5) is 37.3. The van der Waals surface area contributed by atoms with Crippen LogP contribution in [-0.4, -0.2) is 50.1 Å². The molecule has 1 atom stereocenters. The predicted molar refractivity (Wildman–Crippen MR) is 99.0 cm³/mol. The van der Waals surface area contributed by atoms with Crippen molar-refractivity contribution in [2.75, 3.05) is 36.5 Å². The average Bonchev–Trinajstić information content (AvgIpc) is 2.66.